The van der Waals surface area contributed by atoms with Gasteiger partial charge in [0.25, 0.3) is 0 Å². The van der Waals surface area contributed by atoms with Crippen molar-refractivity contribution in [2.24, 2.45) is 5.92 Å². The fourth-order valence-electron chi connectivity index (χ4n) is 3.17. The molecular formula is C17H32N2O2. The van der Waals surface area contributed by atoms with Crippen LogP contribution < -0.4 is 5.32 Å². The second kappa shape index (κ2) is 7.59. The first kappa shape index (κ1) is 16.8. The molecule has 2 saturated carbocycles. The summed E-state index contributed by atoms with van der Waals surface area (Å²) in [6, 6.07) is 0.444. The van der Waals surface area contributed by atoms with Crippen molar-refractivity contribution in [3.63, 3.8) is 0 Å². The zero-order valence-electron chi connectivity index (χ0n) is 13.7. The molecule has 4 nitrogen and oxygen atoms in total. The monoisotopic (exact) mass is 296 g/mol. The zero-order chi connectivity index (χ0) is 15.3. The van der Waals surface area contributed by atoms with Crippen molar-refractivity contribution in [2.75, 3.05) is 19.6 Å². The molecule has 2 aliphatic carbocycles. The van der Waals surface area contributed by atoms with Crippen LogP contribution in [0, 0.1) is 5.92 Å². The van der Waals surface area contributed by atoms with Crippen molar-refractivity contribution in [1.29, 1.82) is 0 Å². The van der Waals surface area contributed by atoms with Crippen molar-refractivity contribution < 1.29 is 9.90 Å². The molecular weight excluding hydrogens is 264 g/mol. The van der Waals surface area contributed by atoms with E-state index in [0.717, 1.165) is 44.7 Å². The Morgan fingerprint density at radius 3 is 2.43 bits per heavy atom. The van der Waals surface area contributed by atoms with Crippen LogP contribution in [0.3, 0.4) is 0 Å². The van der Waals surface area contributed by atoms with Crippen LogP contribution in [-0.4, -0.2) is 47.2 Å². The molecule has 122 valence electrons. The fraction of sp³-hybridized carbons (Fsp3) is 0.941. The number of carbonyl (C=O) groups is 1. The minimum Gasteiger partial charge on any atom is -0.480 e. The Kier molecular flexibility index (Phi) is 6.06. The summed E-state index contributed by atoms with van der Waals surface area (Å²) in [7, 11) is 0. The highest BCUT2D eigenvalue weighted by molar-refractivity contribution is 5.78. The van der Waals surface area contributed by atoms with E-state index in [1.807, 2.05) is 6.92 Å². The first-order valence-corrected chi connectivity index (χ1v) is 8.83. The van der Waals surface area contributed by atoms with Gasteiger partial charge in [-0.3, -0.25) is 10.1 Å². The van der Waals surface area contributed by atoms with Gasteiger partial charge in [-0.15, -0.1) is 0 Å². The molecule has 0 spiro atoms. The van der Waals surface area contributed by atoms with Gasteiger partial charge in [0.1, 0.15) is 5.54 Å². The van der Waals surface area contributed by atoms with Gasteiger partial charge >= 0.3 is 5.97 Å². The quantitative estimate of drug-likeness (QED) is 0.581. The van der Waals surface area contributed by atoms with Crippen LogP contribution in [0.5, 0.6) is 0 Å². The van der Waals surface area contributed by atoms with E-state index in [1.165, 1.54) is 25.8 Å². The molecule has 2 rings (SSSR count). The number of nitrogens with zero attached hydrogens (tertiary/aromatic N) is 1. The summed E-state index contributed by atoms with van der Waals surface area (Å²) in [6.45, 7) is 7.64. The van der Waals surface area contributed by atoms with Crippen molar-refractivity contribution in [3.8, 4) is 0 Å². The Morgan fingerprint density at radius 2 is 1.95 bits per heavy atom. The minimum atomic E-state index is -0.696. The second-order valence-corrected chi connectivity index (χ2v) is 7.01. The van der Waals surface area contributed by atoms with Crippen LogP contribution in [0.4, 0.5) is 0 Å². The van der Waals surface area contributed by atoms with Gasteiger partial charge in [-0.05, 0) is 70.4 Å². The third kappa shape index (κ3) is 5.26. The summed E-state index contributed by atoms with van der Waals surface area (Å²) in [5.74, 6) is 0.248. The minimum absolute atomic E-state index is 0.444. The Morgan fingerprint density at radius 1 is 1.24 bits per heavy atom. The standard InChI is InChI=1S/C17H32N2O2/c1-3-11-19(13-14-6-7-14)12-5-10-17(4-2,16(20)21)18-15-8-9-15/h14-15,18H,3-13H2,1-2H3,(H,20,21). The molecule has 1 atom stereocenters. The number of aliphatic carboxylic acids is 1. The first-order valence-electron chi connectivity index (χ1n) is 8.83. The summed E-state index contributed by atoms with van der Waals surface area (Å²) in [4.78, 5) is 14.3. The Bertz CT molecular complexity index is 340. The van der Waals surface area contributed by atoms with Crippen molar-refractivity contribution in [3.05, 3.63) is 0 Å². The van der Waals surface area contributed by atoms with Crippen LogP contribution in [0.1, 0.15) is 65.2 Å². The highest BCUT2D eigenvalue weighted by Gasteiger charge is 2.40. The number of carboxylic acid groups (broad SMARTS) is 1. The summed E-state index contributed by atoms with van der Waals surface area (Å²) in [5.41, 5.74) is -0.696. The van der Waals surface area contributed by atoms with Gasteiger partial charge in [0, 0.05) is 12.6 Å². The van der Waals surface area contributed by atoms with E-state index in [0.29, 0.717) is 12.5 Å². The second-order valence-electron chi connectivity index (χ2n) is 7.01. The van der Waals surface area contributed by atoms with Crippen LogP contribution in [0.2, 0.25) is 0 Å². The zero-order valence-corrected chi connectivity index (χ0v) is 13.7. The highest BCUT2D eigenvalue weighted by Crippen LogP contribution is 2.30. The molecule has 0 radical (unpaired) electrons. The molecule has 2 N–H and O–H groups in total. The molecule has 0 aromatic heterocycles. The van der Waals surface area contributed by atoms with E-state index in [-0.39, 0.29) is 0 Å². The number of carboxylic acids is 1. The summed E-state index contributed by atoms with van der Waals surface area (Å²) >= 11 is 0. The van der Waals surface area contributed by atoms with E-state index in [9.17, 15) is 9.90 Å². The molecule has 0 aliphatic heterocycles. The molecule has 0 aromatic carbocycles. The smallest absolute Gasteiger partial charge is 0.323 e. The molecule has 0 bridgehead atoms. The molecule has 21 heavy (non-hydrogen) atoms. The van der Waals surface area contributed by atoms with Crippen molar-refractivity contribution >= 4 is 5.97 Å². The SMILES string of the molecule is CCCN(CCCC(CC)(NC1CC1)C(=O)O)CC1CC1. The summed E-state index contributed by atoms with van der Waals surface area (Å²) in [6.07, 6.45) is 8.64. The number of rotatable bonds is 12. The van der Waals surface area contributed by atoms with Gasteiger partial charge in [-0.25, -0.2) is 0 Å². The van der Waals surface area contributed by atoms with Gasteiger partial charge < -0.3 is 10.0 Å². The van der Waals surface area contributed by atoms with Crippen molar-refractivity contribution in [2.45, 2.75) is 76.8 Å². The van der Waals surface area contributed by atoms with Gasteiger partial charge in [-0.2, -0.15) is 0 Å². The number of hydrogen-bond donors (Lipinski definition) is 2. The van der Waals surface area contributed by atoms with E-state index in [1.54, 1.807) is 0 Å². The summed E-state index contributed by atoms with van der Waals surface area (Å²) < 4.78 is 0. The van der Waals surface area contributed by atoms with Crippen LogP contribution in [-0.2, 0) is 4.79 Å². The fourth-order valence-corrected chi connectivity index (χ4v) is 3.17. The molecule has 0 amide bonds. The van der Waals surface area contributed by atoms with Crippen LogP contribution >= 0.6 is 0 Å². The predicted molar refractivity (Wildman–Crippen MR) is 85.5 cm³/mol. The van der Waals surface area contributed by atoms with Gasteiger partial charge in [0.2, 0.25) is 0 Å². The third-order valence-electron chi connectivity index (χ3n) is 4.90. The third-order valence-corrected chi connectivity index (χ3v) is 4.90. The average molecular weight is 296 g/mol. The summed E-state index contributed by atoms with van der Waals surface area (Å²) in [5, 5.41) is 13.0. The maximum absolute atomic E-state index is 11.7. The van der Waals surface area contributed by atoms with Gasteiger partial charge in [-0.1, -0.05) is 13.8 Å². The predicted octanol–water partition coefficient (Wildman–Crippen LogP) is 2.87. The van der Waals surface area contributed by atoms with Crippen molar-refractivity contribution in [1.82, 2.24) is 10.2 Å². The molecule has 0 aromatic rings. The average Bonchev–Trinajstić information content (AvgIpc) is 3.33. The maximum Gasteiger partial charge on any atom is 0.323 e. The topological polar surface area (TPSA) is 52.6 Å². The van der Waals surface area contributed by atoms with Crippen LogP contribution in [0.25, 0.3) is 0 Å². The molecule has 2 aliphatic rings. The van der Waals surface area contributed by atoms with E-state index in [2.05, 4.69) is 17.1 Å². The Hall–Kier alpha value is -0.610. The molecule has 2 fully saturated rings. The van der Waals surface area contributed by atoms with Gasteiger partial charge in [0.15, 0.2) is 0 Å². The normalized spacial score (nSPS) is 21.5. The Balaban J connectivity index is 1.79. The lowest BCUT2D eigenvalue weighted by Crippen LogP contribution is -2.53. The van der Waals surface area contributed by atoms with E-state index < -0.39 is 11.5 Å². The molecule has 0 heterocycles. The largest absolute Gasteiger partial charge is 0.480 e. The lowest BCUT2D eigenvalue weighted by Gasteiger charge is -2.31. The first-order chi connectivity index (χ1) is 10.1. The van der Waals surface area contributed by atoms with E-state index >= 15 is 0 Å². The van der Waals surface area contributed by atoms with Crippen LogP contribution in [0.15, 0.2) is 0 Å². The Labute approximate surface area is 129 Å². The van der Waals surface area contributed by atoms with Gasteiger partial charge in [0.05, 0.1) is 0 Å². The molecule has 4 heteroatoms. The van der Waals surface area contributed by atoms with E-state index in [4.69, 9.17) is 0 Å². The maximum atomic E-state index is 11.7. The molecule has 0 saturated heterocycles. The number of hydrogen-bond acceptors (Lipinski definition) is 3. The molecule has 1 unspecified atom stereocenters. The lowest BCUT2D eigenvalue weighted by atomic mass is 9.90. The lowest BCUT2D eigenvalue weighted by molar-refractivity contribution is -0.145. The highest BCUT2D eigenvalue weighted by atomic mass is 16.4. The number of nitrogens with one attached hydrogen (secondary N) is 1.